The third-order valence-corrected chi connectivity index (χ3v) is 3.56. The number of hydrogen-bond acceptors (Lipinski definition) is 3. The summed E-state index contributed by atoms with van der Waals surface area (Å²) in [5.41, 5.74) is -0.558. The number of carboxylic acid groups (broad SMARTS) is 1. The normalized spacial score (nSPS) is 13.5. The maximum absolute atomic E-state index is 12.9. The van der Waals surface area contributed by atoms with Gasteiger partial charge in [0.15, 0.2) is 0 Å². The van der Waals surface area contributed by atoms with Crippen LogP contribution in [0.2, 0.25) is 0 Å². The molecular formula is C15H21FN2O3. The maximum Gasteiger partial charge on any atom is 0.323 e. The minimum Gasteiger partial charge on any atom is -0.480 e. The predicted molar refractivity (Wildman–Crippen MR) is 78.8 cm³/mol. The van der Waals surface area contributed by atoms with Gasteiger partial charge in [-0.15, -0.1) is 0 Å². The van der Waals surface area contributed by atoms with Crippen molar-refractivity contribution in [1.82, 2.24) is 5.32 Å². The van der Waals surface area contributed by atoms with Crippen molar-refractivity contribution in [3.8, 4) is 0 Å². The van der Waals surface area contributed by atoms with Crippen LogP contribution < -0.4 is 10.2 Å². The van der Waals surface area contributed by atoms with Crippen LogP contribution >= 0.6 is 0 Å². The molecule has 21 heavy (non-hydrogen) atoms. The Bertz CT molecular complexity index is 504. The first-order valence-corrected chi connectivity index (χ1v) is 6.88. The number of halogens is 1. The van der Waals surface area contributed by atoms with Crippen LogP contribution in [0.4, 0.5) is 10.1 Å². The molecule has 1 aromatic rings. The van der Waals surface area contributed by atoms with Gasteiger partial charge in [0.25, 0.3) is 0 Å². The summed E-state index contributed by atoms with van der Waals surface area (Å²) >= 11 is 0. The van der Waals surface area contributed by atoms with Crippen molar-refractivity contribution in [3.05, 3.63) is 30.1 Å². The van der Waals surface area contributed by atoms with Gasteiger partial charge in [0, 0.05) is 12.2 Å². The Morgan fingerprint density at radius 2 is 1.86 bits per heavy atom. The highest BCUT2D eigenvalue weighted by Crippen LogP contribution is 2.15. The molecular weight excluding hydrogens is 275 g/mol. The number of benzene rings is 1. The van der Waals surface area contributed by atoms with Crippen molar-refractivity contribution in [2.24, 2.45) is 0 Å². The lowest BCUT2D eigenvalue weighted by atomic mass is 9.99. The number of rotatable bonds is 7. The van der Waals surface area contributed by atoms with Crippen molar-refractivity contribution >= 4 is 17.6 Å². The second-order valence-electron chi connectivity index (χ2n) is 4.96. The van der Waals surface area contributed by atoms with E-state index in [0.29, 0.717) is 18.7 Å². The number of carboxylic acids is 1. The van der Waals surface area contributed by atoms with Crippen LogP contribution in [0.15, 0.2) is 24.3 Å². The summed E-state index contributed by atoms with van der Waals surface area (Å²) in [6.45, 7) is 5.40. The molecule has 1 unspecified atom stereocenters. The van der Waals surface area contributed by atoms with Crippen molar-refractivity contribution in [3.63, 3.8) is 0 Å². The molecule has 0 aliphatic carbocycles. The summed E-state index contributed by atoms with van der Waals surface area (Å²) in [5.74, 6) is -1.63. The molecule has 1 rings (SSSR count). The van der Waals surface area contributed by atoms with Crippen molar-refractivity contribution in [1.29, 1.82) is 0 Å². The molecule has 0 aliphatic rings. The number of nitrogens with zero attached hydrogens (tertiary/aromatic N) is 1. The number of anilines is 1. The minimum atomic E-state index is -1.14. The van der Waals surface area contributed by atoms with Gasteiger partial charge >= 0.3 is 5.97 Å². The smallest absolute Gasteiger partial charge is 0.323 e. The molecule has 0 radical (unpaired) electrons. The van der Waals surface area contributed by atoms with Crippen molar-refractivity contribution in [2.45, 2.75) is 32.7 Å². The minimum absolute atomic E-state index is 0.0954. The largest absolute Gasteiger partial charge is 0.480 e. The van der Waals surface area contributed by atoms with E-state index >= 15 is 0 Å². The summed E-state index contributed by atoms with van der Waals surface area (Å²) in [4.78, 5) is 24.9. The van der Waals surface area contributed by atoms with E-state index in [1.54, 1.807) is 13.8 Å². The quantitative estimate of drug-likeness (QED) is 0.807. The number of carbonyl (C=O) groups is 2. The SMILES string of the molecule is CCN(C(=O)CNC(C)(CC)C(=O)O)c1ccc(F)cc1. The number of amides is 1. The van der Waals surface area contributed by atoms with Crippen molar-refractivity contribution < 1.29 is 19.1 Å². The molecule has 0 aliphatic heterocycles. The number of likely N-dealkylation sites (N-methyl/N-ethyl adjacent to an activating group) is 1. The van der Waals surface area contributed by atoms with Crippen LogP contribution in [0.1, 0.15) is 27.2 Å². The predicted octanol–water partition coefficient (Wildman–Crippen LogP) is 2.02. The van der Waals surface area contributed by atoms with E-state index in [1.807, 2.05) is 0 Å². The van der Waals surface area contributed by atoms with Gasteiger partial charge in [-0.05, 0) is 44.5 Å². The molecule has 1 amide bonds. The monoisotopic (exact) mass is 296 g/mol. The molecule has 5 nitrogen and oxygen atoms in total. The zero-order chi connectivity index (χ0) is 16.0. The Labute approximate surface area is 123 Å². The fourth-order valence-electron chi connectivity index (χ4n) is 1.84. The zero-order valence-electron chi connectivity index (χ0n) is 12.5. The van der Waals surface area contributed by atoms with E-state index in [2.05, 4.69) is 5.32 Å². The van der Waals surface area contributed by atoms with E-state index in [4.69, 9.17) is 5.11 Å². The number of nitrogens with one attached hydrogen (secondary N) is 1. The second-order valence-corrected chi connectivity index (χ2v) is 4.96. The van der Waals surface area contributed by atoms with Gasteiger partial charge < -0.3 is 10.0 Å². The third kappa shape index (κ3) is 4.26. The maximum atomic E-state index is 12.9. The first-order valence-electron chi connectivity index (χ1n) is 6.88. The van der Waals surface area contributed by atoms with Crippen LogP contribution in [-0.2, 0) is 9.59 Å². The van der Waals surface area contributed by atoms with Crippen LogP contribution in [0.5, 0.6) is 0 Å². The van der Waals surface area contributed by atoms with E-state index < -0.39 is 11.5 Å². The lowest BCUT2D eigenvalue weighted by molar-refractivity contribution is -0.144. The summed E-state index contributed by atoms with van der Waals surface area (Å²) in [6.07, 6.45) is 0.359. The molecule has 1 aromatic carbocycles. The van der Waals surface area contributed by atoms with Gasteiger partial charge in [0.05, 0.1) is 6.54 Å². The molecule has 116 valence electrons. The molecule has 0 heterocycles. The highest BCUT2D eigenvalue weighted by molar-refractivity contribution is 5.95. The Morgan fingerprint density at radius 1 is 1.29 bits per heavy atom. The molecule has 2 N–H and O–H groups in total. The van der Waals surface area contributed by atoms with Crippen LogP contribution in [0.3, 0.4) is 0 Å². The lowest BCUT2D eigenvalue weighted by Crippen LogP contribution is -2.52. The van der Waals surface area contributed by atoms with Crippen LogP contribution in [0, 0.1) is 5.82 Å². The van der Waals surface area contributed by atoms with Crippen molar-refractivity contribution in [2.75, 3.05) is 18.0 Å². The molecule has 0 saturated heterocycles. The van der Waals surface area contributed by atoms with Gasteiger partial charge in [-0.25, -0.2) is 4.39 Å². The molecule has 0 fully saturated rings. The zero-order valence-corrected chi connectivity index (χ0v) is 12.5. The Kier molecular flexibility index (Phi) is 5.84. The fraction of sp³-hybridized carbons (Fsp3) is 0.467. The van der Waals surface area contributed by atoms with Gasteiger partial charge in [-0.2, -0.15) is 0 Å². The summed E-state index contributed by atoms with van der Waals surface area (Å²) in [7, 11) is 0. The molecule has 0 bridgehead atoms. The van der Waals surface area contributed by atoms with Gasteiger partial charge in [0.1, 0.15) is 11.4 Å². The van der Waals surface area contributed by atoms with Gasteiger partial charge in [-0.3, -0.25) is 14.9 Å². The number of carbonyl (C=O) groups excluding carboxylic acids is 1. The molecule has 0 spiro atoms. The molecule has 6 heteroatoms. The standard InChI is InChI=1S/C15H21FN2O3/c1-4-15(3,14(20)21)17-10-13(19)18(5-2)12-8-6-11(16)7-9-12/h6-9,17H,4-5,10H2,1-3H3,(H,20,21). The van der Waals surface area contributed by atoms with E-state index in [0.717, 1.165) is 0 Å². The number of hydrogen-bond donors (Lipinski definition) is 2. The molecule has 1 atom stereocenters. The molecule has 0 aromatic heterocycles. The average molecular weight is 296 g/mol. The van der Waals surface area contributed by atoms with E-state index in [9.17, 15) is 14.0 Å². The highest BCUT2D eigenvalue weighted by Gasteiger charge is 2.31. The molecule has 0 saturated carbocycles. The van der Waals surface area contributed by atoms with Gasteiger partial charge in [0.2, 0.25) is 5.91 Å². The Hall–Kier alpha value is -1.95. The van der Waals surface area contributed by atoms with Gasteiger partial charge in [-0.1, -0.05) is 6.92 Å². The fourth-order valence-corrected chi connectivity index (χ4v) is 1.84. The summed E-state index contributed by atoms with van der Waals surface area (Å²) < 4.78 is 12.9. The lowest BCUT2D eigenvalue weighted by Gasteiger charge is -2.27. The third-order valence-electron chi connectivity index (χ3n) is 3.56. The first-order chi connectivity index (χ1) is 9.84. The second kappa shape index (κ2) is 7.17. The van der Waals surface area contributed by atoms with Crippen LogP contribution in [0.25, 0.3) is 0 Å². The number of aliphatic carboxylic acids is 1. The van der Waals surface area contributed by atoms with Crippen LogP contribution in [-0.4, -0.2) is 35.6 Å². The topological polar surface area (TPSA) is 69.6 Å². The first kappa shape index (κ1) is 17.1. The highest BCUT2D eigenvalue weighted by atomic mass is 19.1. The summed E-state index contributed by atoms with van der Waals surface area (Å²) in [5, 5.41) is 11.9. The van der Waals surface area contributed by atoms with E-state index in [1.165, 1.54) is 36.1 Å². The Balaban J connectivity index is 2.76. The Morgan fingerprint density at radius 3 is 2.29 bits per heavy atom. The summed E-state index contributed by atoms with van der Waals surface area (Å²) in [6, 6.07) is 5.61. The average Bonchev–Trinajstić information content (AvgIpc) is 2.47. The van der Waals surface area contributed by atoms with E-state index in [-0.39, 0.29) is 18.3 Å².